The molecule has 9 heteroatoms. The van der Waals surface area contributed by atoms with Crippen LogP contribution in [0.2, 0.25) is 0 Å². The lowest BCUT2D eigenvalue weighted by atomic mass is 10.1. The number of aromatic carboxylic acids is 1. The van der Waals surface area contributed by atoms with Crippen molar-refractivity contribution in [3.8, 4) is 0 Å². The number of carbonyl (C=O) groups is 1. The predicted octanol–water partition coefficient (Wildman–Crippen LogP) is 3.77. The van der Waals surface area contributed by atoms with Gasteiger partial charge in [0, 0.05) is 33.6 Å². The second-order valence-corrected chi connectivity index (χ2v) is 6.56. The summed E-state index contributed by atoms with van der Waals surface area (Å²) in [7, 11) is -1.87. The maximum atomic E-state index is 12.8. The Balaban J connectivity index is 3.33. The molecule has 4 nitrogen and oxygen atoms in total. The normalized spacial score (nSPS) is 13.9. The third-order valence-corrected chi connectivity index (χ3v) is 4.62. The van der Waals surface area contributed by atoms with Gasteiger partial charge in [-0.2, -0.15) is 13.2 Å². The SMILES string of the molecule is O=N/S(I)=C(/c1ccc(C(=O)O)cc1)C(F)(F)F. The van der Waals surface area contributed by atoms with Crippen LogP contribution in [0.15, 0.2) is 28.8 Å². The van der Waals surface area contributed by atoms with Crippen molar-refractivity contribution in [3.05, 3.63) is 40.3 Å². The Bertz CT molecular complexity index is 513. The molecule has 0 aliphatic rings. The van der Waals surface area contributed by atoms with Gasteiger partial charge in [-0.05, 0) is 17.7 Å². The number of alkyl halides is 3. The van der Waals surface area contributed by atoms with E-state index < -0.39 is 24.9 Å². The van der Waals surface area contributed by atoms with Crippen LogP contribution in [0.1, 0.15) is 15.9 Å². The van der Waals surface area contributed by atoms with Gasteiger partial charge in [0.1, 0.15) is 4.86 Å². The number of rotatable bonds is 3. The van der Waals surface area contributed by atoms with E-state index in [0.29, 0.717) is 0 Å². The third kappa shape index (κ3) is 3.51. The van der Waals surface area contributed by atoms with Gasteiger partial charge in [0.15, 0.2) is 0 Å². The Labute approximate surface area is 114 Å². The van der Waals surface area contributed by atoms with Gasteiger partial charge in [-0.3, -0.25) is 0 Å². The topological polar surface area (TPSA) is 66.7 Å². The summed E-state index contributed by atoms with van der Waals surface area (Å²) in [6.45, 7) is 0. The summed E-state index contributed by atoms with van der Waals surface area (Å²) in [4.78, 5) is 19.8. The average molecular weight is 391 g/mol. The van der Waals surface area contributed by atoms with E-state index in [2.05, 4.69) is 4.58 Å². The van der Waals surface area contributed by atoms with E-state index in [1.807, 2.05) is 0 Å². The lowest BCUT2D eigenvalue weighted by Crippen LogP contribution is -2.23. The number of hydrogen-bond donors (Lipinski definition) is 1. The van der Waals surface area contributed by atoms with Crippen molar-refractivity contribution < 1.29 is 23.1 Å². The van der Waals surface area contributed by atoms with Crippen molar-refractivity contribution in [2.24, 2.45) is 4.58 Å². The summed E-state index contributed by atoms with van der Waals surface area (Å²) in [5.41, 5.74) is -0.391. The first-order chi connectivity index (χ1) is 8.27. The molecule has 1 unspecified atom stereocenters. The maximum absolute atomic E-state index is 12.8. The van der Waals surface area contributed by atoms with Crippen LogP contribution in [0.4, 0.5) is 13.2 Å². The summed E-state index contributed by atoms with van der Waals surface area (Å²) in [5, 5.41) is 8.63. The summed E-state index contributed by atoms with van der Waals surface area (Å²) < 4.78 is 40.6. The second kappa shape index (κ2) is 5.78. The average Bonchev–Trinajstić information content (AvgIpc) is 2.27. The molecule has 0 spiro atoms. The van der Waals surface area contributed by atoms with Gasteiger partial charge in [0.05, 0.1) is 5.56 Å². The highest BCUT2D eigenvalue weighted by molar-refractivity contribution is 14.2. The van der Waals surface area contributed by atoms with Crippen LogP contribution in [0.25, 0.3) is 0 Å². The Morgan fingerprint density at radius 1 is 1.22 bits per heavy atom. The first kappa shape index (κ1) is 15.1. The van der Waals surface area contributed by atoms with Gasteiger partial charge in [-0.1, -0.05) is 12.1 Å². The second-order valence-electron chi connectivity index (χ2n) is 3.02. The van der Waals surface area contributed by atoms with E-state index in [0.717, 1.165) is 24.3 Å². The van der Waals surface area contributed by atoms with Gasteiger partial charge in [0.25, 0.3) is 0 Å². The van der Waals surface area contributed by atoms with Gasteiger partial charge >= 0.3 is 12.1 Å². The molecule has 1 aromatic rings. The van der Waals surface area contributed by atoms with Crippen molar-refractivity contribution in [1.29, 1.82) is 0 Å². The zero-order chi connectivity index (χ0) is 13.9. The highest BCUT2D eigenvalue weighted by atomic mass is 127. The molecule has 0 aromatic heterocycles. The van der Waals surface area contributed by atoms with Crippen molar-refractivity contribution in [2.45, 2.75) is 6.18 Å². The first-order valence-corrected chi connectivity index (χ1v) is 8.01. The molecule has 1 atom stereocenters. The van der Waals surface area contributed by atoms with Crippen LogP contribution in [0, 0.1) is 4.91 Å². The number of nitrogens with zero attached hydrogens (tertiary/aromatic N) is 1. The summed E-state index contributed by atoms with van der Waals surface area (Å²) in [6.07, 6.45) is -4.69. The maximum Gasteiger partial charge on any atom is 0.424 e. The van der Waals surface area contributed by atoms with Crippen molar-refractivity contribution in [3.63, 3.8) is 0 Å². The van der Waals surface area contributed by atoms with Gasteiger partial charge in [-0.15, -0.1) is 4.91 Å². The summed E-state index contributed by atoms with van der Waals surface area (Å²) in [6, 6.07) is 4.11. The third-order valence-electron chi connectivity index (χ3n) is 1.89. The molecule has 0 saturated carbocycles. The lowest BCUT2D eigenvalue weighted by Gasteiger charge is -2.12. The smallest absolute Gasteiger partial charge is 0.424 e. The minimum Gasteiger partial charge on any atom is -0.478 e. The Morgan fingerprint density at radius 2 is 1.67 bits per heavy atom. The standard InChI is InChI=1S/C9H5F3INO3S/c10-9(11,12)7(18(13)14-17)5-1-3-6(4-2-5)8(15)16/h1-4H,(H,15,16). The van der Waals surface area contributed by atoms with Crippen LogP contribution in [-0.4, -0.2) is 22.1 Å². The molecular formula is C9H5F3INO3S. The molecule has 1 rings (SSSR count). The molecule has 0 aliphatic carbocycles. The number of benzene rings is 1. The fraction of sp³-hybridized carbons (Fsp3) is 0.111. The molecule has 98 valence electrons. The van der Waals surface area contributed by atoms with Crippen LogP contribution < -0.4 is 0 Å². The van der Waals surface area contributed by atoms with Gasteiger partial charge in [0.2, 0.25) is 0 Å². The fourth-order valence-corrected chi connectivity index (χ4v) is 3.27. The fourth-order valence-electron chi connectivity index (χ4n) is 1.16. The molecule has 0 aliphatic heterocycles. The summed E-state index contributed by atoms with van der Waals surface area (Å²) in [5.74, 6) is -1.24. The quantitative estimate of drug-likeness (QED) is 0.369. The minimum atomic E-state index is -4.69. The van der Waals surface area contributed by atoms with Crippen LogP contribution in [-0.2, 0) is 0 Å². The monoisotopic (exact) mass is 391 g/mol. The van der Waals surface area contributed by atoms with Gasteiger partial charge in [-0.25, -0.2) is 4.79 Å². The van der Waals surface area contributed by atoms with E-state index in [-0.39, 0.29) is 11.1 Å². The highest BCUT2D eigenvalue weighted by Gasteiger charge is 2.38. The van der Waals surface area contributed by atoms with E-state index in [1.165, 1.54) is 21.2 Å². The van der Waals surface area contributed by atoms with Gasteiger partial charge < -0.3 is 5.11 Å². The molecule has 0 heterocycles. The van der Waals surface area contributed by atoms with E-state index >= 15 is 0 Å². The molecule has 1 N–H and O–H groups in total. The largest absolute Gasteiger partial charge is 0.478 e. The number of nitroso groups, excluding NO2 is 1. The number of hydrogen-bond acceptors (Lipinski definition) is 3. The molecule has 0 radical (unpaired) electrons. The number of halogens is 4. The van der Waals surface area contributed by atoms with Crippen LogP contribution >= 0.6 is 29.0 Å². The molecular weight excluding hydrogens is 386 g/mol. The van der Waals surface area contributed by atoms with Crippen molar-refractivity contribution in [2.75, 3.05) is 0 Å². The molecule has 0 amide bonds. The minimum absolute atomic E-state index is 0.132. The number of carboxylic acids is 1. The Hall–Kier alpha value is -0.970. The highest BCUT2D eigenvalue weighted by Crippen LogP contribution is 2.37. The van der Waals surface area contributed by atoms with Crippen LogP contribution in [0.3, 0.4) is 0 Å². The lowest BCUT2D eigenvalue weighted by molar-refractivity contribution is -0.0557. The van der Waals surface area contributed by atoms with E-state index in [9.17, 15) is 22.9 Å². The predicted molar refractivity (Wildman–Crippen MR) is 71.0 cm³/mol. The Kier molecular flexibility index (Phi) is 4.85. The van der Waals surface area contributed by atoms with E-state index in [1.54, 1.807) is 0 Å². The van der Waals surface area contributed by atoms with Crippen molar-refractivity contribution in [1.82, 2.24) is 0 Å². The first-order valence-electron chi connectivity index (χ1n) is 4.29. The van der Waals surface area contributed by atoms with Crippen LogP contribution in [0.5, 0.6) is 0 Å². The zero-order valence-electron chi connectivity index (χ0n) is 8.44. The zero-order valence-corrected chi connectivity index (χ0v) is 11.4. The van der Waals surface area contributed by atoms with E-state index in [4.69, 9.17) is 5.11 Å². The Morgan fingerprint density at radius 3 is 2.00 bits per heavy atom. The molecule has 0 fully saturated rings. The molecule has 1 aromatic carbocycles. The summed E-state index contributed by atoms with van der Waals surface area (Å²) >= 11 is 1.29. The molecule has 0 bridgehead atoms. The number of carboxylic acid groups (broad SMARTS) is 1. The molecule has 0 saturated heterocycles. The van der Waals surface area contributed by atoms with Crippen molar-refractivity contribution >= 4 is 39.9 Å². The molecule has 18 heavy (non-hydrogen) atoms.